The molecule has 0 amide bonds. The Bertz CT molecular complexity index is 504. The number of H-pyrrole nitrogens is 1. The topological polar surface area (TPSA) is 50.8 Å². The molecule has 0 aliphatic heterocycles. The van der Waals surface area contributed by atoms with Crippen molar-refractivity contribution in [2.75, 3.05) is 0 Å². The van der Waals surface area contributed by atoms with Gasteiger partial charge >= 0.3 is 0 Å². The van der Waals surface area contributed by atoms with Crippen LogP contribution in [0.2, 0.25) is 0 Å². The van der Waals surface area contributed by atoms with Crippen LogP contribution in [-0.2, 0) is 0 Å². The lowest BCUT2D eigenvalue weighted by molar-refractivity contribution is 0.211. The predicted octanol–water partition coefficient (Wildman–Crippen LogP) is 3.26. The van der Waals surface area contributed by atoms with E-state index in [4.69, 9.17) is 4.74 Å². The third kappa shape index (κ3) is 2.25. The minimum Gasteiger partial charge on any atom is -0.474 e. The highest BCUT2D eigenvalue weighted by atomic mass is 16.5. The van der Waals surface area contributed by atoms with Crippen molar-refractivity contribution in [3.63, 3.8) is 0 Å². The van der Waals surface area contributed by atoms with Gasteiger partial charge in [0.2, 0.25) is 5.88 Å². The Balaban J connectivity index is 2.50. The Morgan fingerprint density at radius 3 is 2.76 bits per heavy atom. The summed E-state index contributed by atoms with van der Waals surface area (Å²) in [4.78, 5) is 4.33. The monoisotopic (exact) mass is 233 g/mol. The molecule has 0 aromatic carbocycles. The van der Waals surface area contributed by atoms with E-state index in [-0.39, 0.29) is 6.10 Å². The average Bonchev–Trinajstić information content (AvgIpc) is 2.73. The zero-order valence-corrected chi connectivity index (χ0v) is 10.8. The molecule has 2 aromatic heterocycles. The van der Waals surface area contributed by atoms with Crippen LogP contribution < -0.4 is 4.74 Å². The Hall–Kier alpha value is -1.58. The van der Waals surface area contributed by atoms with E-state index < -0.39 is 0 Å². The first-order chi connectivity index (χ1) is 8.13. The fourth-order valence-electron chi connectivity index (χ4n) is 1.74. The summed E-state index contributed by atoms with van der Waals surface area (Å²) in [7, 11) is 0. The molecule has 17 heavy (non-hydrogen) atoms. The molecule has 0 saturated carbocycles. The summed E-state index contributed by atoms with van der Waals surface area (Å²) >= 11 is 0. The highest BCUT2D eigenvalue weighted by Crippen LogP contribution is 2.30. The van der Waals surface area contributed by atoms with Crippen molar-refractivity contribution >= 4 is 10.9 Å². The largest absolute Gasteiger partial charge is 0.474 e. The first kappa shape index (κ1) is 11.9. The molecule has 4 nitrogen and oxygen atoms in total. The second-order valence-corrected chi connectivity index (χ2v) is 4.64. The molecule has 0 fully saturated rings. The number of pyridine rings is 1. The molecule has 1 N–H and O–H groups in total. The lowest BCUT2D eigenvalue weighted by atomic mass is 10.1. The van der Waals surface area contributed by atoms with Crippen LogP contribution in [0.5, 0.6) is 5.88 Å². The number of nitrogens with one attached hydrogen (secondary N) is 1. The van der Waals surface area contributed by atoms with Gasteiger partial charge in [-0.15, -0.1) is 0 Å². The van der Waals surface area contributed by atoms with Gasteiger partial charge in [0.25, 0.3) is 0 Å². The maximum atomic E-state index is 5.85. The van der Waals surface area contributed by atoms with Gasteiger partial charge in [-0.2, -0.15) is 5.10 Å². The molecule has 92 valence electrons. The number of ether oxygens (including phenoxy) is 1. The first-order valence-electron chi connectivity index (χ1n) is 6.13. The maximum absolute atomic E-state index is 5.85. The lowest BCUT2D eigenvalue weighted by Gasteiger charge is -2.13. The third-order valence-electron chi connectivity index (χ3n) is 2.90. The average molecular weight is 233 g/mol. The number of hydrogen-bond acceptors (Lipinski definition) is 3. The van der Waals surface area contributed by atoms with Crippen LogP contribution >= 0.6 is 0 Å². The first-order valence-corrected chi connectivity index (χ1v) is 6.13. The number of hydrogen-bond donors (Lipinski definition) is 1. The van der Waals surface area contributed by atoms with Gasteiger partial charge in [-0.3, -0.25) is 5.10 Å². The maximum Gasteiger partial charge on any atom is 0.225 e. The van der Waals surface area contributed by atoms with E-state index in [1.54, 1.807) is 6.20 Å². The number of aromatic amines is 1. The Labute approximate surface area is 101 Å². The summed E-state index contributed by atoms with van der Waals surface area (Å²) in [6, 6.07) is 1.93. The van der Waals surface area contributed by atoms with Crippen molar-refractivity contribution < 1.29 is 4.74 Å². The van der Waals surface area contributed by atoms with Gasteiger partial charge in [0.05, 0.1) is 22.7 Å². The van der Waals surface area contributed by atoms with Crippen LogP contribution in [0, 0.1) is 0 Å². The van der Waals surface area contributed by atoms with Crippen LogP contribution in [0.3, 0.4) is 0 Å². The highest BCUT2D eigenvalue weighted by Gasteiger charge is 2.16. The molecule has 0 bridgehead atoms. The van der Waals surface area contributed by atoms with E-state index in [9.17, 15) is 0 Å². The van der Waals surface area contributed by atoms with Gasteiger partial charge in [-0.05, 0) is 25.3 Å². The molecule has 0 aliphatic rings. The molecule has 2 heterocycles. The van der Waals surface area contributed by atoms with Crippen LogP contribution in [0.25, 0.3) is 10.9 Å². The van der Waals surface area contributed by atoms with E-state index in [0.29, 0.717) is 11.8 Å². The zero-order chi connectivity index (χ0) is 12.4. The zero-order valence-electron chi connectivity index (χ0n) is 10.8. The van der Waals surface area contributed by atoms with Gasteiger partial charge in [0, 0.05) is 6.20 Å². The molecule has 0 radical (unpaired) electrons. The van der Waals surface area contributed by atoms with E-state index >= 15 is 0 Å². The molecule has 0 spiro atoms. The van der Waals surface area contributed by atoms with Crippen LogP contribution in [-0.4, -0.2) is 21.3 Å². The molecule has 1 atom stereocenters. The SMILES string of the molecule is CC[C@H](C)Oc1nccc2[nH]nc(C(C)C)c12. The quantitative estimate of drug-likeness (QED) is 0.881. The van der Waals surface area contributed by atoms with Crippen molar-refractivity contribution in [3.05, 3.63) is 18.0 Å². The standard InChI is InChI=1S/C13H19N3O/c1-5-9(4)17-13-11-10(6-7-14-13)15-16-12(11)8(2)3/h6-9H,5H2,1-4H3,(H,15,16)/t9-/m0/s1. The van der Waals surface area contributed by atoms with E-state index in [0.717, 1.165) is 23.0 Å². The summed E-state index contributed by atoms with van der Waals surface area (Å²) in [6.07, 6.45) is 2.89. The van der Waals surface area contributed by atoms with Crippen LogP contribution in [0.1, 0.15) is 45.7 Å². The minimum absolute atomic E-state index is 0.169. The molecular weight excluding hydrogens is 214 g/mol. The Morgan fingerprint density at radius 2 is 2.12 bits per heavy atom. The van der Waals surface area contributed by atoms with Crippen molar-refractivity contribution in [2.24, 2.45) is 0 Å². The third-order valence-corrected chi connectivity index (χ3v) is 2.90. The smallest absolute Gasteiger partial charge is 0.225 e. The predicted molar refractivity (Wildman–Crippen MR) is 68.4 cm³/mol. The van der Waals surface area contributed by atoms with Crippen molar-refractivity contribution in [1.82, 2.24) is 15.2 Å². The molecule has 4 heteroatoms. The number of aromatic nitrogens is 3. The van der Waals surface area contributed by atoms with Gasteiger partial charge in [-0.25, -0.2) is 4.98 Å². The van der Waals surface area contributed by atoms with E-state index in [1.807, 2.05) is 6.07 Å². The Kier molecular flexibility index (Phi) is 3.31. The van der Waals surface area contributed by atoms with Crippen LogP contribution in [0.4, 0.5) is 0 Å². The highest BCUT2D eigenvalue weighted by molar-refractivity contribution is 5.86. The molecule has 0 saturated heterocycles. The van der Waals surface area contributed by atoms with E-state index in [2.05, 4.69) is 42.9 Å². The summed E-state index contributed by atoms with van der Waals surface area (Å²) in [5, 5.41) is 8.39. The fraction of sp³-hybridized carbons (Fsp3) is 0.538. The van der Waals surface area contributed by atoms with Gasteiger partial charge in [-0.1, -0.05) is 20.8 Å². The molecule has 0 aliphatic carbocycles. The summed E-state index contributed by atoms with van der Waals surface area (Å²) in [5.74, 6) is 1.04. The minimum atomic E-state index is 0.169. The fourth-order valence-corrected chi connectivity index (χ4v) is 1.74. The van der Waals surface area contributed by atoms with Crippen molar-refractivity contribution in [3.8, 4) is 5.88 Å². The number of rotatable bonds is 4. The Morgan fingerprint density at radius 1 is 1.35 bits per heavy atom. The molecule has 0 unspecified atom stereocenters. The van der Waals surface area contributed by atoms with Gasteiger partial charge in [0.15, 0.2) is 0 Å². The van der Waals surface area contributed by atoms with Crippen LogP contribution in [0.15, 0.2) is 12.3 Å². The van der Waals surface area contributed by atoms with Crippen molar-refractivity contribution in [1.29, 1.82) is 0 Å². The van der Waals surface area contributed by atoms with E-state index in [1.165, 1.54) is 0 Å². The second-order valence-electron chi connectivity index (χ2n) is 4.64. The molecule has 2 aromatic rings. The molecule has 2 rings (SSSR count). The van der Waals surface area contributed by atoms with Crippen molar-refractivity contribution in [2.45, 2.75) is 46.1 Å². The summed E-state index contributed by atoms with van der Waals surface area (Å²) < 4.78 is 5.85. The second kappa shape index (κ2) is 4.73. The van der Waals surface area contributed by atoms with Gasteiger partial charge < -0.3 is 4.74 Å². The number of nitrogens with zero attached hydrogens (tertiary/aromatic N) is 2. The van der Waals surface area contributed by atoms with Gasteiger partial charge in [0.1, 0.15) is 0 Å². The number of fused-ring (bicyclic) bond motifs is 1. The summed E-state index contributed by atoms with van der Waals surface area (Å²) in [5.41, 5.74) is 2.01. The summed E-state index contributed by atoms with van der Waals surface area (Å²) in [6.45, 7) is 8.39. The lowest BCUT2D eigenvalue weighted by Crippen LogP contribution is -2.11. The normalized spacial score (nSPS) is 13.2. The molecular formula is C13H19N3O.